The Morgan fingerprint density at radius 2 is 2.06 bits per heavy atom. The van der Waals surface area contributed by atoms with Crippen molar-refractivity contribution in [1.29, 1.82) is 0 Å². The maximum atomic E-state index is 9.67. The van der Waals surface area contributed by atoms with Gasteiger partial charge in [-0.05, 0) is 31.5 Å². The van der Waals surface area contributed by atoms with Crippen LogP contribution in [0.25, 0.3) is 0 Å². The SMILES string of the molecule is CCCCCCOc1ccc(Br)cc1[C@H](C)O. The normalized spacial score (nSPS) is 12.5. The Hall–Kier alpha value is -0.540. The van der Waals surface area contributed by atoms with E-state index in [0.717, 1.165) is 28.8 Å². The fourth-order valence-electron chi connectivity index (χ4n) is 1.69. The largest absolute Gasteiger partial charge is 0.493 e. The van der Waals surface area contributed by atoms with E-state index in [4.69, 9.17) is 4.74 Å². The summed E-state index contributed by atoms with van der Waals surface area (Å²) in [5.74, 6) is 0.791. The minimum atomic E-state index is -0.502. The van der Waals surface area contributed by atoms with Crippen LogP contribution in [0.15, 0.2) is 22.7 Å². The van der Waals surface area contributed by atoms with Gasteiger partial charge in [-0.25, -0.2) is 0 Å². The maximum absolute atomic E-state index is 9.67. The lowest BCUT2D eigenvalue weighted by atomic mass is 10.1. The summed E-state index contributed by atoms with van der Waals surface area (Å²) in [5, 5.41) is 9.67. The number of aliphatic hydroxyl groups is 1. The fraction of sp³-hybridized carbons (Fsp3) is 0.571. The minimum absolute atomic E-state index is 0.502. The highest BCUT2D eigenvalue weighted by Gasteiger charge is 2.09. The molecule has 0 saturated carbocycles. The van der Waals surface area contributed by atoms with E-state index < -0.39 is 6.10 Å². The molecule has 0 aliphatic rings. The third-order valence-electron chi connectivity index (χ3n) is 2.68. The summed E-state index contributed by atoms with van der Waals surface area (Å²) in [6, 6.07) is 5.76. The number of rotatable bonds is 7. The average Bonchev–Trinajstić information content (AvgIpc) is 2.30. The minimum Gasteiger partial charge on any atom is -0.493 e. The standard InChI is InChI=1S/C14H21BrO2/c1-3-4-5-6-9-17-14-8-7-12(15)10-13(14)11(2)16/h7-8,10-11,16H,3-6,9H2,1-2H3/t11-/m0/s1. The first-order valence-electron chi connectivity index (χ1n) is 6.25. The smallest absolute Gasteiger partial charge is 0.125 e. The molecule has 0 aliphatic heterocycles. The fourth-order valence-corrected chi connectivity index (χ4v) is 2.07. The van der Waals surface area contributed by atoms with Gasteiger partial charge in [-0.15, -0.1) is 0 Å². The van der Waals surface area contributed by atoms with Crippen molar-refractivity contribution >= 4 is 15.9 Å². The summed E-state index contributed by atoms with van der Waals surface area (Å²) < 4.78 is 6.68. The van der Waals surface area contributed by atoms with Gasteiger partial charge in [0, 0.05) is 10.0 Å². The average molecular weight is 301 g/mol. The van der Waals surface area contributed by atoms with Gasteiger partial charge in [0.05, 0.1) is 12.7 Å². The second kappa shape index (κ2) is 7.72. The molecule has 3 heteroatoms. The first-order chi connectivity index (χ1) is 8.15. The number of ether oxygens (including phenoxy) is 1. The zero-order valence-corrected chi connectivity index (χ0v) is 12.2. The van der Waals surface area contributed by atoms with E-state index >= 15 is 0 Å². The predicted molar refractivity (Wildman–Crippen MR) is 74.4 cm³/mol. The second-order valence-corrected chi connectivity index (χ2v) is 5.18. The van der Waals surface area contributed by atoms with Gasteiger partial charge in [0.25, 0.3) is 0 Å². The molecule has 0 amide bonds. The van der Waals surface area contributed by atoms with E-state index in [0.29, 0.717) is 0 Å². The van der Waals surface area contributed by atoms with Crippen LogP contribution in [-0.4, -0.2) is 11.7 Å². The molecule has 0 spiro atoms. The van der Waals surface area contributed by atoms with Gasteiger partial charge in [0.2, 0.25) is 0 Å². The Morgan fingerprint density at radius 3 is 2.71 bits per heavy atom. The highest BCUT2D eigenvalue weighted by Crippen LogP contribution is 2.28. The summed E-state index contributed by atoms with van der Waals surface area (Å²) in [6.45, 7) is 4.67. The van der Waals surface area contributed by atoms with E-state index in [2.05, 4.69) is 22.9 Å². The van der Waals surface area contributed by atoms with Crippen molar-refractivity contribution in [2.75, 3.05) is 6.61 Å². The summed E-state index contributed by atoms with van der Waals surface area (Å²) >= 11 is 3.40. The van der Waals surface area contributed by atoms with Crippen LogP contribution in [0.3, 0.4) is 0 Å². The van der Waals surface area contributed by atoms with Gasteiger partial charge in [-0.1, -0.05) is 42.1 Å². The molecule has 1 atom stereocenters. The summed E-state index contributed by atoms with van der Waals surface area (Å²) in [7, 11) is 0. The first-order valence-corrected chi connectivity index (χ1v) is 7.04. The van der Waals surface area contributed by atoms with Crippen LogP contribution < -0.4 is 4.74 Å². The molecule has 2 nitrogen and oxygen atoms in total. The van der Waals surface area contributed by atoms with Crippen LogP contribution in [0.5, 0.6) is 5.75 Å². The van der Waals surface area contributed by atoms with E-state index in [9.17, 15) is 5.11 Å². The van der Waals surface area contributed by atoms with Crippen molar-refractivity contribution in [3.63, 3.8) is 0 Å². The Bertz CT molecular complexity index is 337. The third kappa shape index (κ3) is 5.09. The highest BCUT2D eigenvalue weighted by atomic mass is 79.9. The van der Waals surface area contributed by atoms with Crippen molar-refractivity contribution in [3.8, 4) is 5.75 Å². The predicted octanol–water partition coefficient (Wildman–Crippen LogP) is 4.46. The topological polar surface area (TPSA) is 29.5 Å². The Balaban J connectivity index is 2.52. The molecule has 17 heavy (non-hydrogen) atoms. The van der Waals surface area contributed by atoms with Crippen LogP contribution in [0, 0.1) is 0 Å². The van der Waals surface area contributed by atoms with E-state index in [1.165, 1.54) is 19.3 Å². The van der Waals surface area contributed by atoms with Crippen molar-refractivity contribution in [2.45, 2.75) is 45.6 Å². The molecule has 96 valence electrons. The van der Waals surface area contributed by atoms with Gasteiger partial charge in [-0.3, -0.25) is 0 Å². The Morgan fingerprint density at radius 1 is 1.29 bits per heavy atom. The van der Waals surface area contributed by atoms with Crippen molar-refractivity contribution < 1.29 is 9.84 Å². The van der Waals surface area contributed by atoms with E-state index in [1.807, 2.05) is 18.2 Å². The van der Waals surface area contributed by atoms with Gasteiger partial charge in [0.1, 0.15) is 5.75 Å². The number of hydrogen-bond acceptors (Lipinski definition) is 2. The molecule has 1 aromatic rings. The zero-order valence-electron chi connectivity index (χ0n) is 10.6. The van der Waals surface area contributed by atoms with Crippen LogP contribution in [0.4, 0.5) is 0 Å². The quantitative estimate of drug-likeness (QED) is 0.753. The molecule has 0 heterocycles. The number of benzene rings is 1. The maximum Gasteiger partial charge on any atom is 0.125 e. The number of halogens is 1. The first kappa shape index (κ1) is 14.5. The molecule has 0 fully saturated rings. The number of aliphatic hydroxyl groups excluding tert-OH is 1. The van der Waals surface area contributed by atoms with Gasteiger partial charge in [-0.2, -0.15) is 0 Å². The van der Waals surface area contributed by atoms with E-state index in [1.54, 1.807) is 6.92 Å². The molecule has 1 N–H and O–H groups in total. The molecule has 0 bridgehead atoms. The lowest BCUT2D eigenvalue weighted by Gasteiger charge is -2.13. The lowest BCUT2D eigenvalue weighted by Crippen LogP contribution is -2.02. The molecule has 0 aliphatic carbocycles. The summed E-state index contributed by atoms with van der Waals surface area (Å²) in [4.78, 5) is 0. The molecule has 0 unspecified atom stereocenters. The Labute approximate surface area is 112 Å². The molecule has 0 saturated heterocycles. The number of unbranched alkanes of at least 4 members (excludes halogenated alkanes) is 3. The lowest BCUT2D eigenvalue weighted by molar-refractivity contribution is 0.190. The van der Waals surface area contributed by atoms with Crippen LogP contribution in [0.1, 0.15) is 51.2 Å². The number of hydrogen-bond donors (Lipinski definition) is 1. The van der Waals surface area contributed by atoms with Crippen LogP contribution in [-0.2, 0) is 0 Å². The third-order valence-corrected chi connectivity index (χ3v) is 3.17. The monoisotopic (exact) mass is 300 g/mol. The molecular weight excluding hydrogens is 280 g/mol. The zero-order chi connectivity index (χ0) is 12.7. The summed E-state index contributed by atoms with van der Waals surface area (Å²) in [6.07, 6.45) is 4.27. The van der Waals surface area contributed by atoms with Crippen molar-refractivity contribution in [1.82, 2.24) is 0 Å². The molecule has 1 aromatic carbocycles. The van der Waals surface area contributed by atoms with Gasteiger partial charge in [0.15, 0.2) is 0 Å². The molecular formula is C14H21BrO2. The molecule has 0 radical (unpaired) electrons. The molecule has 0 aromatic heterocycles. The highest BCUT2D eigenvalue weighted by molar-refractivity contribution is 9.10. The van der Waals surface area contributed by atoms with Crippen LogP contribution >= 0.6 is 15.9 Å². The van der Waals surface area contributed by atoms with Crippen molar-refractivity contribution in [2.24, 2.45) is 0 Å². The Kier molecular flexibility index (Phi) is 6.60. The summed E-state index contributed by atoms with van der Waals surface area (Å²) in [5.41, 5.74) is 0.842. The van der Waals surface area contributed by atoms with Crippen molar-refractivity contribution in [3.05, 3.63) is 28.2 Å². The van der Waals surface area contributed by atoms with E-state index in [-0.39, 0.29) is 0 Å². The van der Waals surface area contributed by atoms with Crippen LogP contribution in [0.2, 0.25) is 0 Å². The second-order valence-electron chi connectivity index (χ2n) is 4.27. The van der Waals surface area contributed by atoms with Gasteiger partial charge >= 0.3 is 0 Å². The van der Waals surface area contributed by atoms with Gasteiger partial charge < -0.3 is 9.84 Å². The molecule has 1 rings (SSSR count).